The molecule has 3 aromatic carbocycles. The number of ketones is 1. The Balaban J connectivity index is 1.20. The molecule has 3 aromatic heterocycles. The van der Waals surface area contributed by atoms with Gasteiger partial charge in [-0.15, -0.1) is 21.5 Å². The van der Waals surface area contributed by atoms with Crippen molar-refractivity contribution in [1.82, 2.24) is 10.2 Å². The summed E-state index contributed by atoms with van der Waals surface area (Å²) < 4.78 is 6.47. The largest absolute Gasteiger partial charge is 0.503 e. The Hall–Kier alpha value is -4.25. The molecule has 0 radical (unpaired) electrons. The van der Waals surface area contributed by atoms with Crippen molar-refractivity contribution < 1.29 is 19.1 Å². The Morgan fingerprint density at radius 3 is 2.60 bits per heavy atom. The van der Waals surface area contributed by atoms with E-state index in [1.165, 1.54) is 55.7 Å². The van der Waals surface area contributed by atoms with E-state index in [1.54, 1.807) is 12.1 Å². The molecule has 1 aliphatic heterocycles. The summed E-state index contributed by atoms with van der Waals surface area (Å²) >= 11 is 4.17. The average molecular weight is 582 g/mol. The standard InChI is InChI=1S/C30H19N3O4S3/c34-26(22-15-18-8-2-4-12-21(18)37-22)24-25(23-13-6-14-38-23)33(28(36)27(24)35)29-31-32-30(40-29)39-16-19-10-5-9-17-7-1-3-11-20(17)19/h1-15,25,35H,16H2. The van der Waals surface area contributed by atoms with Gasteiger partial charge in [-0.05, 0) is 39.9 Å². The number of thiophene rings is 1. The fourth-order valence-corrected chi connectivity index (χ4v) is 7.59. The van der Waals surface area contributed by atoms with Crippen LogP contribution in [-0.4, -0.2) is 27.0 Å². The molecule has 0 saturated heterocycles. The summed E-state index contributed by atoms with van der Waals surface area (Å²) in [5, 5.41) is 24.9. The van der Waals surface area contributed by atoms with Gasteiger partial charge in [-0.2, -0.15) is 0 Å². The number of furan rings is 1. The molecule has 0 aliphatic carbocycles. The number of aromatic nitrogens is 2. The first-order chi connectivity index (χ1) is 19.6. The minimum atomic E-state index is -0.850. The summed E-state index contributed by atoms with van der Waals surface area (Å²) in [5.74, 6) is -1.11. The molecule has 0 bridgehead atoms. The third kappa shape index (κ3) is 4.21. The molecule has 10 heteroatoms. The molecule has 6 aromatic rings. The van der Waals surface area contributed by atoms with Crippen LogP contribution in [0.15, 0.2) is 110 Å². The fraction of sp³-hybridized carbons (Fsp3) is 0.0667. The van der Waals surface area contributed by atoms with Crippen molar-refractivity contribution in [3.8, 4) is 0 Å². The van der Waals surface area contributed by atoms with Gasteiger partial charge in [0.25, 0.3) is 5.91 Å². The lowest BCUT2D eigenvalue weighted by molar-refractivity contribution is -0.117. The quantitative estimate of drug-likeness (QED) is 0.118. The number of rotatable bonds is 7. The lowest BCUT2D eigenvalue weighted by Gasteiger charge is -2.22. The summed E-state index contributed by atoms with van der Waals surface area (Å²) in [6.45, 7) is 0. The third-order valence-corrected chi connectivity index (χ3v) is 9.78. The van der Waals surface area contributed by atoms with Crippen LogP contribution in [0.5, 0.6) is 0 Å². The highest BCUT2D eigenvalue weighted by Gasteiger charge is 2.47. The van der Waals surface area contributed by atoms with Crippen LogP contribution >= 0.6 is 34.4 Å². The molecule has 1 unspecified atom stereocenters. The van der Waals surface area contributed by atoms with Crippen LogP contribution < -0.4 is 4.90 Å². The van der Waals surface area contributed by atoms with Crippen molar-refractivity contribution in [2.45, 2.75) is 16.1 Å². The number of amides is 1. The van der Waals surface area contributed by atoms with Crippen LogP contribution in [0.2, 0.25) is 0 Å². The van der Waals surface area contributed by atoms with E-state index < -0.39 is 23.5 Å². The Morgan fingerprint density at radius 2 is 1.77 bits per heavy atom. The lowest BCUT2D eigenvalue weighted by atomic mass is 10.0. The monoisotopic (exact) mass is 581 g/mol. The van der Waals surface area contributed by atoms with Gasteiger partial charge in [0.15, 0.2) is 15.9 Å². The first-order valence-electron chi connectivity index (χ1n) is 12.3. The predicted octanol–water partition coefficient (Wildman–Crippen LogP) is 7.57. The number of carbonyl (C=O) groups is 2. The molecule has 0 fully saturated rings. The number of hydrogen-bond donors (Lipinski definition) is 1. The lowest BCUT2D eigenvalue weighted by Crippen LogP contribution is -2.30. The van der Waals surface area contributed by atoms with E-state index in [1.807, 2.05) is 53.9 Å². The van der Waals surface area contributed by atoms with Crippen molar-refractivity contribution in [1.29, 1.82) is 0 Å². The van der Waals surface area contributed by atoms with E-state index in [2.05, 4.69) is 34.5 Å². The van der Waals surface area contributed by atoms with Crippen LogP contribution in [-0.2, 0) is 10.5 Å². The molecule has 1 atom stereocenters. The number of benzene rings is 3. The maximum absolute atomic E-state index is 13.7. The average Bonchev–Trinajstić information content (AvgIpc) is 3.78. The molecule has 0 spiro atoms. The molecule has 40 heavy (non-hydrogen) atoms. The normalized spacial score (nSPS) is 15.6. The van der Waals surface area contributed by atoms with E-state index in [0.29, 0.717) is 20.8 Å². The van der Waals surface area contributed by atoms with E-state index in [4.69, 9.17) is 4.42 Å². The second kappa shape index (κ2) is 10.1. The first-order valence-corrected chi connectivity index (χ1v) is 15.0. The zero-order valence-corrected chi connectivity index (χ0v) is 23.1. The number of aliphatic hydroxyl groups is 1. The van der Waals surface area contributed by atoms with Gasteiger partial charge in [-0.25, -0.2) is 0 Å². The number of Topliss-reactive ketones (excluding diaryl/α,β-unsaturated/α-hetero) is 1. The first kappa shape index (κ1) is 24.8. The minimum absolute atomic E-state index is 0.0355. The Kier molecular flexibility index (Phi) is 6.22. The number of fused-ring (bicyclic) bond motifs is 2. The van der Waals surface area contributed by atoms with Crippen molar-refractivity contribution in [2.24, 2.45) is 0 Å². The van der Waals surface area contributed by atoms with E-state index >= 15 is 0 Å². The van der Waals surface area contributed by atoms with Gasteiger partial charge < -0.3 is 9.52 Å². The van der Waals surface area contributed by atoms with Crippen LogP contribution in [0, 0.1) is 0 Å². The van der Waals surface area contributed by atoms with E-state index in [0.717, 1.165) is 10.3 Å². The molecule has 1 amide bonds. The molecular weight excluding hydrogens is 563 g/mol. The van der Waals surface area contributed by atoms with E-state index in [-0.39, 0.29) is 11.3 Å². The Labute approximate surface area is 240 Å². The Morgan fingerprint density at radius 1 is 0.975 bits per heavy atom. The van der Waals surface area contributed by atoms with Crippen molar-refractivity contribution in [3.05, 3.63) is 118 Å². The highest BCUT2D eigenvalue weighted by molar-refractivity contribution is 8.00. The second-order valence-corrected chi connectivity index (χ2v) is 12.3. The molecule has 1 N–H and O–H groups in total. The summed E-state index contributed by atoms with van der Waals surface area (Å²) in [7, 11) is 0. The van der Waals surface area contributed by atoms with Crippen LogP contribution in [0.1, 0.15) is 27.0 Å². The zero-order chi connectivity index (χ0) is 27.2. The number of hydrogen-bond acceptors (Lipinski definition) is 9. The van der Waals surface area contributed by atoms with Gasteiger partial charge in [0.2, 0.25) is 10.9 Å². The zero-order valence-electron chi connectivity index (χ0n) is 20.7. The maximum Gasteiger partial charge on any atom is 0.296 e. The van der Waals surface area contributed by atoms with Gasteiger partial charge in [0.05, 0.1) is 5.57 Å². The Bertz CT molecular complexity index is 1900. The fourth-order valence-electron chi connectivity index (χ4n) is 4.89. The van der Waals surface area contributed by atoms with Crippen LogP contribution in [0.4, 0.5) is 5.13 Å². The summed E-state index contributed by atoms with van der Waals surface area (Å²) in [6.07, 6.45) is 0. The number of anilines is 1. The highest BCUT2D eigenvalue weighted by Crippen LogP contribution is 2.45. The highest BCUT2D eigenvalue weighted by atomic mass is 32.2. The second-order valence-electron chi connectivity index (χ2n) is 9.11. The van der Waals surface area contributed by atoms with Crippen LogP contribution in [0.3, 0.4) is 0 Å². The van der Waals surface area contributed by atoms with Gasteiger partial charge >= 0.3 is 0 Å². The van der Waals surface area contributed by atoms with Gasteiger partial charge in [-0.3, -0.25) is 14.5 Å². The molecule has 4 heterocycles. The maximum atomic E-state index is 13.7. The molecule has 196 valence electrons. The number of thioether (sulfide) groups is 1. The number of aliphatic hydroxyl groups excluding tert-OH is 1. The predicted molar refractivity (Wildman–Crippen MR) is 158 cm³/mol. The smallest absolute Gasteiger partial charge is 0.296 e. The number of nitrogens with zero attached hydrogens (tertiary/aromatic N) is 3. The van der Waals surface area contributed by atoms with Gasteiger partial charge in [0, 0.05) is 16.0 Å². The molecule has 7 rings (SSSR count). The number of carbonyl (C=O) groups excluding carboxylic acids is 2. The minimum Gasteiger partial charge on any atom is -0.503 e. The van der Waals surface area contributed by atoms with Gasteiger partial charge in [-0.1, -0.05) is 89.8 Å². The molecule has 1 aliphatic rings. The van der Waals surface area contributed by atoms with E-state index in [9.17, 15) is 14.7 Å². The third-order valence-electron chi connectivity index (χ3n) is 6.75. The van der Waals surface area contributed by atoms with Crippen LogP contribution in [0.25, 0.3) is 21.7 Å². The van der Waals surface area contributed by atoms with Gasteiger partial charge in [0.1, 0.15) is 11.6 Å². The SMILES string of the molecule is O=C(C1=C(O)C(=O)N(c2nnc(SCc3cccc4ccccc34)s2)C1c1cccs1)c1cc2ccccc2o1. The summed E-state index contributed by atoms with van der Waals surface area (Å²) in [6, 6.07) is 26.1. The molecule has 0 saturated carbocycles. The summed E-state index contributed by atoms with van der Waals surface area (Å²) in [5.41, 5.74) is 1.69. The van der Waals surface area contributed by atoms with Crippen molar-refractivity contribution in [3.63, 3.8) is 0 Å². The number of para-hydroxylation sites is 1. The molecular formula is C30H19N3O4S3. The topological polar surface area (TPSA) is 96.5 Å². The van der Waals surface area contributed by atoms with Crippen molar-refractivity contribution >= 4 is 73.0 Å². The van der Waals surface area contributed by atoms with Crippen molar-refractivity contribution in [2.75, 3.05) is 4.90 Å². The summed E-state index contributed by atoms with van der Waals surface area (Å²) in [4.78, 5) is 29.2. The molecule has 7 nitrogen and oxygen atoms in total.